The number of carbonyl (C=O) groups is 1. The number of fused-ring (bicyclic) bond motifs is 1. The summed E-state index contributed by atoms with van der Waals surface area (Å²) < 4.78 is 11.6. The van der Waals surface area contributed by atoms with Crippen molar-refractivity contribution in [3.05, 3.63) is 58.5 Å². The third-order valence-electron chi connectivity index (χ3n) is 3.06. The Labute approximate surface area is 113 Å². The number of hydrogen-bond acceptors (Lipinski definition) is 4. The van der Waals surface area contributed by atoms with E-state index >= 15 is 0 Å². The van der Waals surface area contributed by atoms with Gasteiger partial charge in [0.2, 0.25) is 0 Å². The Morgan fingerprint density at radius 3 is 2.95 bits per heavy atom. The third kappa shape index (κ3) is 2.11. The van der Waals surface area contributed by atoms with E-state index in [-0.39, 0.29) is 5.91 Å². The minimum Gasteiger partial charge on any atom is -0.467 e. The Bertz CT molecular complexity index is 811. The summed E-state index contributed by atoms with van der Waals surface area (Å²) in [6.45, 7) is 0.308. The van der Waals surface area contributed by atoms with Crippen LogP contribution in [-0.4, -0.2) is 10.5 Å². The van der Waals surface area contributed by atoms with E-state index in [1.165, 1.54) is 4.57 Å². The summed E-state index contributed by atoms with van der Waals surface area (Å²) in [7, 11) is 1.62. The highest BCUT2D eigenvalue weighted by atomic mass is 16.4. The second kappa shape index (κ2) is 4.73. The first-order valence-corrected chi connectivity index (χ1v) is 6.05. The topological polar surface area (TPSA) is 77.4 Å². The van der Waals surface area contributed by atoms with E-state index in [1.54, 1.807) is 43.6 Å². The van der Waals surface area contributed by atoms with Gasteiger partial charge in [-0.15, -0.1) is 0 Å². The highest BCUT2D eigenvalue weighted by Crippen LogP contribution is 2.14. The van der Waals surface area contributed by atoms with E-state index in [9.17, 15) is 9.59 Å². The van der Waals surface area contributed by atoms with Gasteiger partial charge >= 0.3 is 5.76 Å². The lowest BCUT2D eigenvalue weighted by molar-refractivity contribution is 0.0948. The smallest absolute Gasteiger partial charge is 0.419 e. The summed E-state index contributed by atoms with van der Waals surface area (Å²) in [5.41, 5.74) is 1.47. The lowest BCUT2D eigenvalue weighted by Gasteiger charge is -2.03. The molecule has 2 aromatic heterocycles. The first kappa shape index (κ1) is 12.3. The van der Waals surface area contributed by atoms with Crippen molar-refractivity contribution >= 4 is 17.0 Å². The van der Waals surface area contributed by atoms with Gasteiger partial charge in [-0.3, -0.25) is 9.36 Å². The molecule has 2 heterocycles. The molecule has 20 heavy (non-hydrogen) atoms. The van der Waals surface area contributed by atoms with Crippen LogP contribution in [0.5, 0.6) is 0 Å². The van der Waals surface area contributed by atoms with E-state index in [0.29, 0.717) is 29.0 Å². The summed E-state index contributed by atoms with van der Waals surface area (Å²) >= 11 is 0. The summed E-state index contributed by atoms with van der Waals surface area (Å²) in [4.78, 5) is 23.4. The standard InChI is InChI=1S/C14H12N2O4/c1-16-11-5-4-9(7-12(11)20-14(16)18)13(17)15-8-10-3-2-6-19-10/h2-7H,8H2,1H3,(H,15,17). The van der Waals surface area contributed by atoms with Gasteiger partial charge in [0.15, 0.2) is 5.58 Å². The number of aromatic nitrogens is 1. The molecule has 0 aliphatic rings. The molecule has 6 nitrogen and oxygen atoms in total. The minimum atomic E-state index is -0.451. The SMILES string of the molecule is Cn1c(=O)oc2cc(C(=O)NCc3ccco3)ccc21. The van der Waals surface area contributed by atoms with Gasteiger partial charge in [-0.2, -0.15) is 0 Å². The van der Waals surface area contributed by atoms with Crippen molar-refractivity contribution < 1.29 is 13.6 Å². The molecule has 0 unspecified atom stereocenters. The average Bonchev–Trinajstić information content (AvgIpc) is 3.05. The van der Waals surface area contributed by atoms with Gasteiger partial charge in [0.25, 0.3) is 5.91 Å². The van der Waals surface area contributed by atoms with Gasteiger partial charge in [-0.25, -0.2) is 4.79 Å². The highest BCUT2D eigenvalue weighted by Gasteiger charge is 2.11. The van der Waals surface area contributed by atoms with Crippen molar-refractivity contribution in [1.82, 2.24) is 9.88 Å². The summed E-state index contributed by atoms with van der Waals surface area (Å²) in [6, 6.07) is 8.41. The fourth-order valence-electron chi connectivity index (χ4n) is 1.96. The molecule has 0 radical (unpaired) electrons. The summed E-state index contributed by atoms with van der Waals surface area (Å²) in [5.74, 6) is -0.0337. The molecular formula is C14H12N2O4. The van der Waals surface area contributed by atoms with Crippen molar-refractivity contribution in [3.8, 4) is 0 Å². The Balaban J connectivity index is 1.82. The van der Waals surface area contributed by atoms with Crippen molar-refractivity contribution in [2.45, 2.75) is 6.54 Å². The Hall–Kier alpha value is -2.76. The number of oxazole rings is 1. The van der Waals surface area contributed by atoms with E-state index in [1.807, 2.05) is 0 Å². The average molecular weight is 272 g/mol. The first-order valence-electron chi connectivity index (χ1n) is 6.05. The highest BCUT2D eigenvalue weighted by molar-refractivity contribution is 5.96. The van der Waals surface area contributed by atoms with Crippen molar-refractivity contribution in [1.29, 1.82) is 0 Å². The largest absolute Gasteiger partial charge is 0.467 e. The maximum absolute atomic E-state index is 12.0. The molecule has 0 bridgehead atoms. The van der Waals surface area contributed by atoms with Gasteiger partial charge in [0.1, 0.15) is 5.76 Å². The van der Waals surface area contributed by atoms with Crippen LogP contribution in [0.15, 0.2) is 50.2 Å². The zero-order chi connectivity index (χ0) is 14.1. The number of rotatable bonds is 3. The Kier molecular flexibility index (Phi) is 2.90. The molecule has 3 rings (SSSR count). The van der Waals surface area contributed by atoms with Crippen LogP contribution in [0, 0.1) is 0 Å². The molecule has 0 aliphatic carbocycles. The number of hydrogen-bond donors (Lipinski definition) is 1. The van der Waals surface area contributed by atoms with Gasteiger partial charge in [-0.05, 0) is 30.3 Å². The Morgan fingerprint density at radius 1 is 1.35 bits per heavy atom. The molecule has 6 heteroatoms. The lowest BCUT2D eigenvalue weighted by atomic mass is 10.2. The molecule has 1 aromatic carbocycles. The van der Waals surface area contributed by atoms with Crippen LogP contribution < -0.4 is 11.1 Å². The zero-order valence-corrected chi connectivity index (χ0v) is 10.8. The van der Waals surface area contributed by atoms with Crippen LogP contribution >= 0.6 is 0 Å². The quantitative estimate of drug-likeness (QED) is 0.786. The monoisotopic (exact) mass is 272 g/mol. The number of benzene rings is 1. The second-order valence-electron chi connectivity index (χ2n) is 4.37. The molecule has 102 valence electrons. The van der Waals surface area contributed by atoms with Crippen LogP contribution in [-0.2, 0) is 13.6 Å². The molecule has 0 fully saturated rings. The zero-order valence-electron chi connectivity index (χ0n) is 10.8. The molecular weight excluding hydrogens is 260 g/mol. The molecule has 0 saturated heterocycles. The van der Waals surface area contributed by atoms with Gasteiger partial charge in [0, 0.05) is 12.6 Å². The normalized spacial score (nSPS) is 10.8. The third-order valence-corrected chi connectivity index (χ3v) is 3.06. The first-order chi connectivity index (χ1) is 9.65. The lowest BCUT2D eigenvalue weighted by Crippen LogP contribution is -2.22. The number of aryl methyl sites for hydroxylation is 1. The van der Waals surface area contributed by atoms with E-state index in [4.69, 9.17) is 8.83 Å². The van der Waals surface area contributed by atoms with Crippen LogP contribution in [0.3, 0.4) is 0 Å². The van der Waals surface area contributed by atoms with Crippen molar-refractivity contribution in [3.63, 3.8) is 0 Å². The van der Waals surface area contributed by atoms with E-state index in [2.05, 4.69) is 5.32 Å². The number of furan rings is 1. The predicted molar refractivity (Wildman–Crippen MR) is 71.3 cm³/mol. The molecule has 0 aliphatic heterocycles. The number of nitrogens with zero attached hydrogens (tertiary/aromatic N) is 1. The van der Waals surface area contributed by atoms with Gasteiger partial charge < -0.3 is 14.2 Å². The van der Waals surface area contributed by atoms with Gasteiger partial charge in [0.05, 0.1) is 18.3 Å². The fourth-order valence-corrected chi connectivity index (χ4v) is 1.96. The molecule has 1 amide bonds. The summed E-state index contributed by atoms with van der Waals surface area (Å²) in [5, 5.41) is 2.73. The molecule has 0 spiro atoms. The van der Waals surface area contributed by atoms with Crippen molar-refractivity contribution in [2.24, 2.45) is 7.05 Å². The van der Waals surface area contributed by atoms with Crippen molar-refractivity contribution in [2.75, 3.05) is 0 Å². The molecule has 3 aromatic rings. The maximum atomic E-state index is 12.0. The van der Waals surface area contributed by atoms with Crippen LogP contribution in [0.1, 0.15) is 16.1 Å². The number of amides is 1. The predicted octanol–water partition coefficient (Wildman–Crippen LogP) is 1.65. The maximum Gasteiger partial charge on any atom is 0.419 e. The number of nitrogens with one attached hydrogen (secondary N) is 1. The molecule has 1 N–H and O–H groups in total. The second-order valence-corrected chi connectivity index (χ2v) is 4.37. The fraction of sp³-hybridized carbons (Fsp3) is 0.143. The van der Waals surface area contributed by atoms with E-state index in [0.717, 1.165) is 0 Å². The van der Waals surface area contributed by atoms with Crippen LogP contribution in [0.25, 0.3) is 11.1 Å². The van der Waals surface area contributed by atoms with E-state index < -0.39 is 5.76 Å². The van der Waals surface area contributed by atoms with Crippen LogP contribution in [0.2, 0.25) is 0 Å². The van der Waals surface area contributed by atoms with Crippen LogP contribution in [0.4, 0.5) is 0 Å². The summed E-state index contributed by atoms with van der Waals surface area (Å²) in [6.07, 6.45) is 1.55. The molecule has 0 atom stereocenters. The minimum absolute atomic E-state index is 0.255. The number of carbonyl (C=O) groups excluding carboxylic acids is 1. The van der Waals surface area contributed by atoms with Gasteiger partial charge in [-0.1, -0.05) is 0 Å². The Morgan fingerprint density at radius 2 is 2.20 bits per heavy atom. The molecule has 0 saturated carbocycles.